The Labute approximate surface area is 196 Å². The summed E-state index contributed by atoms with van der Waals surface area (Å²) in [5.41, 5.74) is 7.32. The Balaban J connectivity index is 1.51. The SMILES string of the molecule is CCC1C[C@@H](Cn2nc(-c3ccc(Oc4ccccc4)cc3F)c3c(N)ncnc32)N(C=O)C1. The number of hydrogen-bond acceptors (Lipinski definition) is 6. The number of aromatic nitrogens is 4. The van der Waals surface area contributed by atoms with Gasteiger partial charge in [0.05, 0.1) is 18.0 Å². The van der Waals surface area contributed by atoms with Crippen LogP contribution in [0.5, 0.6) is 11.5 Å². The highest BCUT2D eigenvalue weighted by Gasteiger charge is 2.31. The van der Waals surface area contributed by atoms with Crippen molar-refractivity contribution in [1.82, 2.24) is 24.6 Å². The minimum absolute atomic E-state index is 0.0129. The number of carbonyl (C=O) groups excluding carboxylic acids is 1. The first-order chi connectivity index (χ1) is 16.6. The number of carbonyl (C=O) groups is 1. The summed E-state index contributed by atoms with van der Waals surface area (Å²) in [4.78, 5) is 21.9. The standard InChI is InChI=1S/C25H25FN6O2/c1-2-16-10-17(31(12-16)15-33)13-32-25-22(24(27)28-14-29-25)23(30-32)20-9-8-19(11-21(20)26)34-18-6-4-3-5-7-18/h3-9,11,14-17H,2,10,12-13H2,1H3,(H2,27,28,29)/t16?,17-/m0/s1. The van der Waals surface area contributed by atoms with Crippen LogP contribution in [-0.2, 0) is 11.3 Å². The number of ether oxygens (including phenoxy) is 1. The number of halogens is 1. The lowest BCUT2D eigenvalue weighted by molar-refractivity contribution is -0.119. The highest BCUT2D eigenvalue weighted by Crippen LogP contribution is 2.35. The molecule has 1 fully saturated rings. The molecule has 1 unspecified atom stereocenters. The Hall–Kier alpha value is -4.01. The topological polar surface area (TPSA) is 99.2 Å². The molecule has 2 atom stereocenters. The third kappa shape index (κ3) is 4.05. The van der Waals surface area contributed by atoms with E-state index in [1.165, 1.54) is 12.4 Å². The normalized spacial score (nSPS) is 17.9. The number of anilines is 1. The molecule has 0 saturated carbocycles. The fourth-order valence-electron chi connectivity index (χ4n) is 4.57. The number of benzene rings is 2. The van der Waals surface area contributed by atoms with E-state index < -0.39 is 5.82 Å². The lowest BCUT2D eigenvalue weighted by Crippen LogP contribution is -2.32. The molecule has 2 N–H and O–H groups in total. The summed E-state index contributed by atoms with van der Waals surface area (Å²) in [6.07, 6.45) is 4.14. The monoisotopic (exact) mass is 460 g/mol. The second-order valence-electron chi connectivity index (χ2n) is 8.51. The zero-order valence-corrected chi connectivity index (χ0v) is 18.8. The third-order valence-corrected chi connectivity index (χ3v) is 6.37. The van der Waals surface area contributed by atoms with E-state index in [2.05, 4.69) is 22.0 Å². The van der Waals surface area contributed by atoms with Crippen LogP contribution in [0.3, 0.4) is 0 Å². The molecule has 4 aromatic rings. The van der Waals surface area contributed by atoms with E-state index in [4.69, 9.17) is 10.5 Å². The van der Waals surface area contributed by atoms with Gasteiger partial charge < -0.3 is 15.4 Å². The van der Waals surface area contributed by atoms with Gasteiger partial charge in [-0.05, 0) is 36.6 Å². The fraction of sp³-hybridized carbons (Fsp3) is 0.280. The molecular formula is C25H25FN6O2. The number of amides is 1. The van der Waals surface area contributed by atoms with E-state index in [-0.39, 0.29) is 17.4 Å². The summed E-state index contributed by atoms with van der Waals surface area (Å²) >= 11 is 0. The van der Waals surface area contributed by atoms with Crippen LogP contribution in [0.4, 0.5) is 10.2 Å². The van der Waals surface area contributed by atoms with Crippen molar-refractivity contribution < 1.29 is 13.9 Å². The molecular weight excluding hydrogens is 435 g/mol. The van der Waals surface area contributed by atoms with E-state index >= 15 is 4.39 Å². The Morgan fingerprint density at radius 1 is 1.18 bits per heavy atom. The molecule has 34 heavy (non-hydrogen) atoms. The smallest absolute Gasteiger partial charge is 0.210 e. The second kappa shape index (κ2) is 9.09. The van der Waals surface area contributed by atoms with Gasteiger partial charge in [-0.1, -0.05) is 31.5 Å². The number of nitrogens with two attached hydrogens (primary N) is 1. The molecule has 1 saturated heterocycles. The highest BCUT2D eigenvalue weighted by molar-refractivity contribution is 5.98. The summed E-state index contributed by atoms with van der Waals surface area (Å²) in [5, 5.41) is 5.18. The van der Waals surface area contributed by atoms with Crippen molar-refractivity contribution in [3.63, 3.8) is 0 Å². The second-order valence-corrected chi connectivity index (χ2v) is 8.51. The van der Waals surface area contributed by atoms with Gasteiger partial charge in [0.15, 0.2) is 5.65 Å². The maximum Gasteiger partial charge on any atom is 0.210 e. The Morgan fingerprint density at radius 3 is 2.74 bits per heavy atom. The molecule has 0 bridgehead atoms. The molecule has 8 nitrogen and oxygen atoms in total. The Kier molecular flexibility index (Phi) is 5.83. The third-order valence-electron chi connectivity index (χ3n) is 6.37. The molecule has 0 spiro atoms. The molecule has 2 aromatic carbocycles. The van der Waals surface area contributed by atoms with Gasteiger partial charge in [-0.2, -0.15) is 5.10 Å². The average Bonchev–Trinajstić information content (AvgIpc) is 3.42. The van der Waals surface area contributed by atoms with Crippen LogP contribution in [0, 0.1) is 11.7 Å². The first-order valence-electron chi connectivity index (χ1n) is 11.3. The summed E-state index contributed by atoms with van der Waals surface area (Å²) < 4.78 is 22.7. The predicted octanol–water partition coefficient (Wildman–Crippen LogP) is 4.26. The molecule has 174 valence electrons. The Bertz CT molecular complexity index is 1330. The van der Waals surface area contributed by atoms with Gasteiger partial charge in [0.1, 0.15) is 35.2 Å². The summed E-state index contributed by atoms with van der Waals surface area (Å²) in [5.74, 6) is 1.16. The largest absolute Gasteiger partial charge is 0.457 e. The van der Waals surface area contributed by atoms with Crippen molar-refractivity contribution in [2.75, 3.05) is 12.3 Å². The molecule has 1 amide bonds. The van der Waals surface area contributed by atoms with Crippen molar-refractivity contribution in [3.8, 4) is 22.8 Å². The van der Waals surface area contributed by atoms with Gasteiger partial charge in [0, 0.05) is 18.2 Å². The van der Waals surface area contributed by atoms with Gasteiger partial charge in [0.25, 0.3) is 0 Å². The summed E-state index contributed by atoms with van der Waals surface area (Å²) in [6.45, 7) is 3.30. The van der Waals surface area contributed by atoms with E-state index in [1.54, 1.807) is 28.9 Å². The van der Waals surface area contributed by atoms with E-state index in [0.29, 0.717) is 40.7 Å². The van der Waals surface area contributed by atoms with Crippen LogP contribution in [0.15, 0.2) is 54.9 Å². The van der Waals surface area contributed by atoms with Crippen LogP contribution in [0.1, 0.15) is 19.8 Å². The summed E-state index contributed by atoms with van der Waals surface area (Å²) in [6, 6.07) is 13.8. The molecule has 0 radical (unpaired) electrons. The van der Waals surface area contributed by atoms with Crippen LogP contribution in [-0.4, -0.2) is 43.6 Å². The molecule has 1 aliphatic heterocycles. The van der Waals surface area contributed by atoms with Gasteiger partial charge in [-0.25, -0.2) is 19.0 Å². The molecule has 0 aliphatic carbocycles. The van der Waals surface area contributed by atoms with Gasteiger partial charge >= 0.3 is 0 Å². The van der Waals surface area contributed by atoms with Crippen molar-refractivity contribution in [3.05, 3.63) is 60.7 Å². The molecule has 5 rings (SSSR count). The molecule has 1 aliphatic rings. The van der Waals surface area contributed by atoms with Gasteiger partial charge in [-0.15, -0.1) is 0 Å². The number of likely N-dealkylation sites (tertiary alicyclic amines) is 1. The van der Waals surface area contributed by atoms with Crippen LogP contribution in [0.25, 0.3) is 22.3 Å². The maximum atomic E-state index is 15.3. The number of hydrogen-bond donors (Lipinski definition) is 1. The van der Waals surface area contributed by atoms with Crippen molar-refractivity contribution in [2.24, 2.45) is 5.92 Å². The number of rotatable bonds is 7. The minimum Gasteiger partial charge on any atom is -0.457 e. The van der Waals surface area contributed by atoms with Gasteiger partial charge in [0.2, 0.25) is 6.41 Å². The molecule has 3 heterocycles. The Morgan fingerprint density at radius 2 is 2.00 bits per heavy atom. The quantitative estimate of drug-likeness (QED) is 0.414. The van der Waals surface area contributed by atoms with E-state index in [0.717, 1.165) is 25.8 Å². The minimum atomic E-state index is -0.496. The van der Waals surface area contributed by atoms with Crippen molar-refractivity contribution in [2.45, 2.75) is 32.4 Å². The molecule has 9 heteroatoms. The van der Waals surface area contributed by atoms with E-state index in [9.17, 15) is 4.79 Å². The number of nitrogen functional groups attached to an aromatic ring is 1. The lowest BCUT2D eigenvalue weighted by atomic mass is 10.0. The van der Waals surface area contributed by atoms with Crippen molar-refractivity contribution in [1.29, 1.82) is 0 Å². The van der Waals surface area contributed by atoms with Gasteiger partial charge in [-0.3, -0.25) is 4.79 Å². The number of para-hydroxylation sites is 1. The first-order valence-corrected chi connectivity index (χ1v) is 11.3. The zero-order valence-electron chi connectivity index (χ0n) is 18.8. The first kappa shape index (κ1) is 21.8. The average molecular weight is 461 g/mol. The highest BCUT2D eigenvalue weighted by atomic mass is 19.1. The van der Waals surface area contributed by atoms with Crippen LogP contribution < -0.4 is 10.5 Å². The van der Waals surface area contributed by atoms with Crippen LogP contribution in [0.2, 0.25) is 0 Å². The maximum absolute atomic E-state index is 15.3. The predicted molar refractivity (Wildman–Crippen MR) is 127 cm³/mol. The number of nitrogens with zero attached hydrogens (tertiary/aromatic N) is 5. The van der Waals surface area contributed by atoms with Crippen LogP contribution >= 0.6 is 0 Å². The zero-order chi connectivity index (χ0) is 23.7. The van der Waals surface area contributed by atoms with Crippen molar-refractivity contribution >= 4 is 23.3 Å². The summed E-state index contributed by atoms with van der Waals surface area (Å²) in [7, 11) is 0. The lowest BCUT2D eigenvalue weighted by Gasteiger charge is -2.19. The molecule has 2 aromatic heterocycles. The van der Waals surface area contributed by atoms with E-state index in [1.807, 2.05) is 23.1 Å². The fourth-order valence-corrected chi connectivity index (χ4v) is 4.57. The number of fused-ring (bicyclic) bond motifs is 1.